The number of aliphatic imine (C=N–C) groups is 1. The van der Waals surface area contributed by atoms with Gasteiger partial charge in [-0.1, -0.05) is 0 Å². The zero-order chi connectivity index (χ0) is 17.8. The van der Waals surface area contributed by atoms with Crippen LogP contribution in [0.3, 0.4) is 0 Å². The number of ether oxygens (including phenoxy) is 1. The molecule has 138 valence electrons. The molecule has 1 aromatic heterocycles. The Morgan fingerprint density at radius 2 is 2.00 bits per heavy atom. The van der Waals surface area contributed by atoms with E-state index in [4.69, 9.17) is 4.74 Å². The van der Waals surface area contributed by atoms with E-state index in [0.717, 1.165) is 63.8 Å². The lowest BCUT2D eigenvalue weighted by Crippen LogP contribution is -2.41. The number of nitrogens with one attached hydrogen (secondary N) is 2. The second kappa shape index (κ2) is 11.9. The van der Waals surface area contributed by atoms with Gasteiger partial charge in [0.1, 0.15) is 0 Å². The van der Waals surface area contributed by atoms with Crippen LogP contribution in [0.5, 0.6) is 0 Å². The second-order valence-electron chi connectivity index (χ2n) is 6.08. The molecule has 0 aliphatic rings. The first-order valence-corrected chi connectivity index (χ1v) is 8.70. The van der Waals surface area contributed by atoms with Gasteiger partial charge in [0.2, 0.25) is 0 Å². The van der Waals surface area contributed by atoms with Gasteiger partial charge in [-0.05, 0) is 39.8 Å². The van der Waals surface area contributed by atoms with Crippen molar-refractivity contribution in [3.8, 4) is 0 Å². The summed E-state index contributed by atoms with van der Waals surface area (Å²) in [7, 11) is 5.67. The Balaban J connectivity index is 2.13. The number of hydrogen-bond acceptors (Lipinski definition) is 4. The maximum Gasteiger partial charge on any atom is 0.191 e. The molecule has 0 atom stereocenters. The topological polar surface area (TPSA) is 66.7 Å². The van der Waals surface area contributed by atoms with Gasteiger partial charge in [-0.2, -0.15) is 5.10 Å². The number of aryl methyl sites for hydroxylation is 3. The molecule has 1 heterocycles. The van der Waals surface area contributed by atoms with Crippen LogP contribution < -0.4 is 10.6 Å². The molecular weight excluding hydrogens is 304 g/mol. The summed E-state index contributed by atoms with van der Waals surface area (Å²) in [5.41, 5.74) is 2.29. The maximum atomic E-state index is 5.07. The van der Waals surface area contributed by atoms with E-state index in [1.807, 2.05) is 6.92 Å². The van der Waals surface area contributed by atoms with Crippen molar-refractivity contribution in [3.63, 3.8) is 0 Å². The van der Waals surface area contributed by atoms with E-state index in [0.29, 0.717) is 0 Å². The Labute approximate surface area is 146 Å². The molecule has 7 heteroatoms. The Kier molecular flexibility index (Phi) is 10.1. The molecular formula is C17H34N6O. The highest BCUT2D eigenvalue weighted by Crippen LogP contribution is 2.02. The zero-order valence-corrected chi connectivity index (χ0v) is 15.9. The quantitative estimate of drug-likeness (QED) is 0.358. The van der Waals surface area contributed by atoms with Crippen LogP contribution >= 0.6 is 0 Å². The summed E-state index contributed by atoms with van der Waals surface area (Å²) in [5.74, 6) is 0.855. The van der Waals surface area contributed by atoms with Crippen LogP contribution in [-0.4, -0.2) is 74.6 Å². The third-order valence-corrected chi connectivity index (χ3v) is 3.84. The fourth-order valence-electron chi connectivity index (χ4n) is 2.51. The highest BCUT2D eigenvalue weighted by atomic mass is 16.5. The van der Waals surface area contributed by atoms with Gasteiger partial charge in [-0.3, -0.25) is 9.67 Å². The molecule has 0 unspecified atom stereocenters. The first-order valence-electron chi connectivity index (χ1n) is 8.70. The molecule has 0 saturated carbocycles. The predicted molar refractivity (Wildman–Crippen MR) is 99.7 cm³/mol. The number of methoxy groups -OCH3 is 1. The Bertz CT molecular complexity index is 485. The van der Waals surface area contributed by atoms with Crippen molar-refractivity contribution in [1.82, 2.24) is 25.3 Å². The minimum atomic E-state index is 0.816. The van der Waals surface area contributed by atoms with Crippen molar-refractivity contribution in [2.24, 2.45) is 4.99 Å². The lowest BCUT2D eigenvalue weighted by atomic mass is 10.4. The lowest BCUT2D eigenvalue weighted by molar-refractivity contribution is 0.180. The van der Waals surface area contributed by atoms with E-state index in [1.165, 1.54) is 5.69 Å². The predicted octanol–water partition coefficient (Wildman–Crippen LogP) is 1.02. The molecule has 1 rings (SSSR count). The smallest absolute Gasteiger partial charge is 0.191 e. The van der Waals surface area contributed by atoms with Crippen LogP contribution in [0.2, 0.25) is 0 Å². The third-order valence-electron chi connectivity index (χ3n) is 3.84. The molecule has 0 aliphatic heterocycles. The van der Waals surface area contributed by atoms with Crippen LogP contribution in [0.25, 0.3) is 0 Å². The Morgan fingerprint density at radius 3 is 2.62 bits per heavy atom. The molecule has 0 aromatic carbocycles. The molecule has 0 fully saturated rings. The van der Waals surface area contributed by atoms with Gasteiger partial charge in [0.15, 0.2) is 5.96 Å². The Morgan fingerprint density at radius 1 is 1.25 bits per heavy atom. The molecule has 2 N–H and O–H groups in total. The van der Waals surface area contributed by atoms with Crippen molar-refractivity contribution in [2.75, 3.05) is 54.0 Å². The normalized spacial score (nSPS) is 12.0. The average molecular weight is 339 g/mol. The van der Waals surface area contributed by atoms with Crippen molar-refractivity contribution >= 4 is 5.96 Å². The van der Waals surface area contributed by atoms with Crippen LogP contribution in [0.1, 0.15) is 24.2 Å². The van der Waals surface area contributed by atoms with E-state index >= 15 is 0 Å². The molecule has 7 nitrogen and oxygen atoms in total. The van der Waals surface area contributed by atoms with E-state index in [1.54, 1.807) is 14.2 Å². The lowest BCUT2D eigenvalue weighted by Gasteiger charge is -2.18. The Hall–Kier alpha value is -1.60. The number of likely N-dealkylation sites (N-methyl/N-ethyl adjacent to an activating group) is 1. The van der Waals surface area contributed by atoms with Gasteiger partial charge in [0, 0.05) is 59.2 Å². The summed E-state index contributed by atoms with van der Waals surface area (Å²) in [5, 5.41) is 11.2. The van der Waals surface area contributed by atoms with Gasteiger partial charge in [0.25, 0.3) is 0 Å². The molecule has 0 saturated heterocycles. The van der Waals surface area contributed by atoms with Crippen LogP contribution in [0, 0.1) is 13.8 Å². The van der Waals surface area contributed by atoms with Gasteiger partial charge >= 0.3 is 0 Å². The fourth-order valence-corrected chi connectivity index (χ4v) is 2.51. The largest absolute Gasteiger partial charge is 0.385 e. The van der Waals surface area contributed by atoms with Crippen molar-refractivity contribution < 1.29 is 4.74 Å². The monoisotopic (exact) mass is 338 g/mol. The van der Waals surface area contributed by atoms with E-state index < -0.39 is 0 Å². The first kappa shape index (κ1) is 20.4. The number of rotatable bonds is 11. The van der Waals surface area contributed by atoms with Crippen molar-refractivity contribution in [2.45, 2.75) is 33.2 Å². The molecule has 0 spiro atoms. The summed E-state index contributed by atoms with van der Waals surface area (Å²) >= 11 is 0. The van der Waals surface area contributed by atoms with Crippen molar-refractivity contribution in [3.05, 3.63) is 17.5 Å². The molecule has 0 radical (unpaired) electrons. The number of nitrogens with zero attached hydrogens (tertiary/aromatic N) is 4. The minimum Gasteiger partial charge on any atom is -0.385 e. The summed E-state index contributed by atoms with van der Waals surface area (Å²) in [6.07, 6.45) is 2.08. The maximum absolute atomic E-state index is 5.07. The zero-order valence-electron chi connectivity index (χ0n) is 15.9. The fraction of sp³-hybridized carbons (Fsp3) is 0.765. The number of hydrogen-bond donors (Lipinski definition) is 2. The van der Waals surface area contributed by atoms with Gasteiger partial charge < -0.3 is 20.3 Å². The summed E-state index contributed by atoms with van der Waals surface area (Å²) in [6.45, 7) is 9.64. The van der Waals surface area contributed by atoms with Gasteiger partial charge in [0.05, 0.1) is 5.69 Å². The van der Waals surface area contributed by atoms with Crippen LogP contribution in [0.15, 0.2) is 11.1 Å². The minimum absolute atomic E-state index is 0.816. The molecule has 24 heavy (non-hydrogen) atoms. The highest BCUT2D eigenvalue weighted by Gasteiger charge is 2.02. The van der Waals surface area contributed by atoms with Crippen LogP contribution in [-0.2, 0) is 11.3 Å². The number of guanidine groups is 1. The SMILES string of the molecule is CN=C(NCCCn1nc(C)cc1C)NCCN(C)CCCOC. The molecule has 0 aliphatic carbocycles. The second-order valence-corrected chi connectivity index (χ2v) is 6.08. The van der Waals surface area contributed by atoms with E-state index in [2.05, 4.69) is 50.3 Å². The van der Waals surface area contributed by atoms with Gasteiger partial charge in [-0.25, -0.2) is 0 Å². The standard InChI is InChI=1S/C17H34N6O/c1-15-14-16(2)23(21-15)11-6-8-19-17(18-3)20-9-12-22(4)10-7-13-24-5/h14H,6-13H2,1-5H3,(H2,18,19,20). The van der Waals surface area contributed by atoms with E-state index in [-0.39, 0.29) is 0 Å². The van der Waals surface area contributed by atoms with Crippen LogP contribution in [0.4, 0.5) is 0 Å². The summed E-state index contributed by atoms with van der Waals surface area (Å²) in [6, 6.07) is 2.11. The van der Waals surface area contributed by atoms with E-state index in [9.17, 15) is 0 Å². The first-order chi connectivity index (χ1) is 11.6. The number of aromatic nitrogens is 2. The molecule has 0 amide bonds. The summed E-state index contributed by atoms with van der Waals surface area (Å²) in [4.78, 5) is 6.55. The summed E-state index contributed by atoms with van der Waals surface area (Å²) < 4.78 is 7.13. The molecule has 0 bridgehead atoms. The third kappa shape index (κ3) is 8.31. The average Bonchev–Trinajstić information content (AvgIpc) is 2.87. The molecule has 1 aromatic rings. The van der Waals surface area contributed by atoms with Gasteiger partial charge in [-0.15, -0.1) is 0 Å². The highest BCUT2D eigenvalue weighted by molar-refractivity contribution is 5.79. The van der Waals surface area contributed by atoms with Crippen molar-refractivity contribution in [1.29, 1.82) is 0 Å².